The molecule has 0 aliphatic heterocycles. The second kappa shape index (κ2) is 7.44. The van der Waals surface area contributed by atoms with Crippen molar-refractivity contribution in [1.82, 2.24) is 0 Å². The average Bonchev–Trinajstić information content (AvgIpc) is 1.19. The van der Waals surface area contributed by atoms with Gasteiger partial charge in [0.05, 0.1) is 0 Å². The largest absolute Gasteiger partial charge is 2.00 e. The predicted octanol–water partition coefficient (Wildman–Crippen LogP) is -3.39. The van der Waals surface area contributed by atoms with Gasteiger partial charge in [0, 0.05) is 10.4 Å². The molecule has 0 aliphatic carbocycles. The fraction of sp³-hybridized carbons (Fsp3) is 0. The zero-order chi connectivity index (χ0) is 8.08. The fourth-order valence-corrected chi connectivity index (χ4v) is 0. The van der Waals surface area contributed by atoms with Crippen molar-refractivity contribution in [1.29, 1.82) is 0 Å². The van der Waals surface area contributed by atoms with Crippen LogP contribution < -0.4 is 0 Å². The molecule has 0 aromatic heterocycles. The molecule has 0 saturated heterocycles. The summed E-state index contributed by atoms with van der Waals surface area (Å²) < 4.78 is 34.1. The third kappa shape index (κ3) is 4010. The standard InChI is InChI=1S/BH3O3.Mn.H2O4S/c2-1(3)4;;1-5(2,3)4/h2-4H;;(H2,1,2,3,4)/q;+2;/p-2. The summed E-state index contributed by atoms with van der Waals surface area (Å²) in [6.45, 7) is 0. The van der Waals surface area contributed by atoms with Gasteiger partial charge in [-0.1, -0.05) is 0 Å². The van der Waals surface area contributed by atoms with Crippen molar-refractivity contribution >= 4 is 17.7 Å². The van der Waals surface area contributed by atoms with E-state index >= 15 is 0 Å². The predicted molar refractivity (Wildman–Crippen MR) is 22.9 cm³/mol. The molecular formula is H3BMnO7S. The van der Waals surface area contributed by atoms with Gasteiger partial charge in [0.25, 0.3) is 0 Å². The van der Waals surface area contributed by atoms with E-state index in [1.54, 1.807) is 0 Å². The molecule has 0 atom stereocenters. The van der Waals surface area contributed by atoms with Gasteiger partial charge in [-0.25, -0.2) is 0 Å². The van der Waals surface area contributed by atoms with Crippen molar-refractivity contribution in [3.63, 3.8) is 0 Å². The Bertz CT molecular complexity index is 125. The van der Waals surface area contributed by atoms with E-state index in [0.29, 0.717) is 0 Å². The first-order valence-electron chi connectivity index (χ1n) is 1.44. The Labute approximate surface area is 67.9 Å². The number of rotatable bonds is 0. The van der Waals surface area contributed by atoms with Crippen LogP contribution in [0.5, 0.6) is 0 Å². The van der Waals surface area contributed by atoms with Gasteiger partial charge in [-0.05, 0) is 0 Å². The third-order valence-electron chi connectivity index (χ3n) is 0. The number of hydrogen-bond acceptors (Lipinski definition) is 7. The van der Waals surface area contributed by atoms with Gasteiger partial charge >= 0.3 is 24.4 Å². The summed E-state index contributed by atoms with van der Waals surface area (Å²) in [4.78, 5) is 0. The first-order chi connectivity index (χ1) is 3.73. The molecule has 3 N–H and O–H groups in total. The van der Waals surface area contributed by atoms with Crippen LogP contribution >= 0.6 is 0 Å². The summed E-state index contributed by atoms with van der Waals surface area (Å²) in [5.41, 5.74) is 0. The Hall–Kier alpha value is 0.334. The third-order valence-corrected chi connectivity index (χ3v) is 0. The maximum atomic E-state index is 8.52. The minimum absolute atomic E-state index is 0. The monoisotopic (exact) mass is 213 g/mol. The Balaban J connectivity index is -0.0000000910. The van der Waals surface area contributed by atoms with E-state index in [9.17, 15) is 0 Å². The summed E-state index contributed by atoms with van der Waals surface area (Å²) in [5.74, 6) is 0. The van der Waals surface area contributed by atoms with Crippen LogP contribution in [0.4, 0.5) is 0 Å². The summed E-state index contributed by atoms with van der Waals surface area (Å²) in [7, 11) is -7.33. The second-order valence-electron chi connectivity index (χ2n) is 0.755. The van der Waals surface area contributed by atoms with E-state index < -0.39 is 17.7 Å². The van der Waals surface area contributed by atoms with Gasteiger partial charge in [0.2, 0.25) is 0 Å². The molecule has 1 radical (unpaired) electrons. The van der Waals surface area contributed by atoms with Gasteiger partial charge < -0.3 is 24.2 Å². The molecule has 0 amide bonds. The van der Waals surface area contributed by atoms with Crippen LogP contribution in [0.1, 0.15) is 0 Å². The Morgan fingerprint density at radius 2 is 1.10 bits per heavy atom. The Morgan fingerprint density at radius 1 is 1.10 bits per heavy atom. The van der Waals surface area contributed by atoms with Crippen LogP contribution in [-0.2, 0) is 27.5 Å². The fourth-order valence-electron chi connectivity index (χ4n) is 0. The van der Waals surface area contributed by atoms with Crippen molar-refractivity contribution in [2.75, 3.05) is 0 Å². The van der Waals surface area contributed by atoms with E-state index in [-0.39, 0.29) is 17.1 Å². The van der Waals surface area contributed by atoms with Crippen LogP contribution in [-0.4, -0.2) is 39.9 Å². The molecule has 0 unspecified atom stereocenters. The normalized spacial score (nSPS) is 8.50. The second-order valence-corrected chi connectivity index (χ2v) is 1.57. The molecule has 0 heterocycles. The molecule has 0 rings (SSSR count). The van der Waals surface area contributed by atoms with E-state index in [2.05, 4.69) is 0 Å². The van der Waals surface area contributed by atoms with Crippen LogP contribution in [0.15, 0.2) is 0 Å². The Kier molecular flexibility index (Phi) is 12.5. The van der Waals surface area contributed by atoms with Crippen LogP contribution in [0.2, 0.25) is 0 Å². The zero-order valence-corrected chi connectivity index (χ0v) is 6.34. The first-order valence-corrected chi connectivity index (χ1v) is 2.77. The first kappa shape index (κ1) is 16.7. The molecule has 0 aromatic carbocycles. The van der Waals surface area contributed by atoms with E-state index in [0.717, 1.165) is 0 Å². The number of hydrogen-bond donors (Lipinski definition) is 3. The minimum atomic E-state index is -5.17. The molecule has 10 heteroatoms. The molecule has 0 spiro atoms. The van der Waals surface area contributed by atoms with E-state index in [1.807, 2.05) is 0 Å². The average molecular weight is 213 g/mol. The summed E-state index contributed by atoms with van der Waals surface area (Å²) in [6, 6.07) is 0. The zero-order valence-electron chi connectivity index (χ0n) is 4.34. The van der Waals surface area contributed by atoms with Gasteiger partial charge in [0.1, 0.15) is 0 Å². The minimum Gasteiger partial charge on any atom is -0.759 e. The summed E-state index contributed by atoms with van der Waals surface area (Å²) in [5, 5.41) is 21.5. The van der Waals surface area contributed by atoms with Crippen LogP contribution in [0, 0.1) is 0 Å². The quantitative estimate of drug-likeness (QED) is 0.216. The van der Waals surface area contributed by atoms with Gasteiger partial charge in [-0.3, -0.25) is 8.42 Å². The Morgan fingerprint density at radius 3 is 1.10 bits per heavy atom. The van der Waals surface area contributed by atoms with Crippen molar-refractivity contribution in [3.05, 3.63) is 0 Å². The SMILES string of the molecule is O=S(=O)([O-])[O-].OB(O)O.[Mn+2]. The van der Waals surface area contributed by atoms with Crippen molar-refractivity contribution in [2.45, 2.75) is 0 Å². The van der Waals surface area contributed by atoms with Crippen molar-refractivity contribution in [2.24, 2.45) is 0 Å². The molecule has 0 aliphatic rings. The van der Waals surface area contributed by atoms with Gasteiger partial charge in [-0.15, -0.1) is 0 Å². The molecular weight excluding hydrogens is 210 g/mol. The smallest absolute Gasteiger partial charge is 0.759 e. The molecule has 61 valence electrons. The maximum Gasteiger partial charge on any atom is 2.00 e. The summed E-state index contributed by atoms with van der Waals surface area (Å²) in [6.07, 6.45) is 0. The van der Waals surface area contributed by atoms with Gasteiger partial charge in [0.15, 0.2) is 0 Å². The maximum absolute atomic E-state index is 8.52. The van der Waals surface area contributed by atoms with E-state index in [1.165, 1.54) is 0 Å². The molecule has 10 heavy (non-hydrogen) atoms. The van der Waals surface area contributed by atoms with Crippen LogP contribution in [0.25, 0.3) is 0 Å². The van der Waals surface area contributed by atoms with Crippen molar-refractivity contribution in [3.8, 4) is 0 Å². The molecule has 7 nitrogen and oxygen atoms in total. The summed E-state index contributed by atoms with van der Waals surface area (Å²) >= 11 is 0. The van der Waals surface area contributed by atoms with Crippen molar-refractivity contribution < 1.29 is 49.7 Å². The van der Waals surface area contributed by atoms with Gasteiger partial charge in [-0.2, -0.15) is 0 Å². The van der Waals surface area contributed by atoms with Crippen LogP contribution in [0.3, 0.4) is 0 Å². The molecule has 0 saturated carbocycles. The van der Waals surface area contributed by atoms with E-state index in [4.69, 9.17) is 32.6 Å². The molecule has 0 bridgehead atoms. The topological polar surface area (TPSA) is 141 Å². The molecule has 0 fully saturated rings. The molecule has 0 aromatic rings.